The van der Waals surface area contributed by atoms with Gasteiger partial charge in [-0.3, -0.25) is 4.79 Å². The molecule has 0 aliphatic carbocycles. The number of allylic oxidation sites excluding steroid dienone is 1. The van der Waals surface area contributed by atoms with E-state index in [9.17, 15) is 9.59 Å². The molecule has 0 spiro atoms. The van der Waals surface area contributed by atoms with Crippen molar-refractivity contribution in [3.63, 3.8) is 0 Å². The number of hydrogen-bond donors (Lipinski definition) is 3. The highest BCUT2D eigenvalue weighted by atomic mass is 35.5. The lowest BCUT2D eigenvalue weighted by molar-refractivity contribution is -0.113. The van der Waals surface area contributed by atoms with Crippen LogP contribution in [0.2, 0.25) is 5.02 Å². The van der Waals surface area contributed by atoms with Crippen LogP contribution in [-0.2, 0) is 4.79 Å². The Morgan fingerprint density at radius 1 is 1.19 bits per heavy atom. The van der Waals surface area contributed by atoms with E-state index in [2.05, 4.69) is 16.0 Å². The summed E-state index contributed by atoms with van der Waals surface area (Å²) in [6.45, 7) is 4.17. The van der Waals surface area contributed by atoms with E-state index >= 15 is 0 Å². The summed E-state index contributed by atoms with van der Waals surface area (Å²) in [6.07, 6.45) is 0. The zero-order valence-electron chi connectivity index (χ0n) is 15.0. The van der Waals surface area contributed by atoms with Crippen molar-refractivity contribution in [2.45, 2.75) is 19.9 Å². The lowest BCUT2D eigenvalue weighted by Gasteiger charge is -2.28. The maximum atomic E-state index is 12.9. The summed E-state index contributed by atoms with van der Waals surface area (Å²) in [7, 11) is 0. The summed E-state index contributed by atoms with van der Waals surface area (Å²) in [6, 6.07) is 13.3. The highest BCUT2D eigenvalue weighted by Gasteiger charge is 2.31. The molecule has 0 bridgehead atoms. The molecule has 7 heteroatoms. The number of halogens is 1. The van der Waals surface area contributed by atoms with Crippen LogP contribution < -0.4 is 20.7 Å². The average molecular weight is 386 g/mol. The summed E-state index contributed by atoms with van der Waals surface area (Å²) in [5.74, 6) is 0.385. The Bertz CT molecular complexity index is 894. The van der Waals surface area contributed by atoms with Crippen LogP contribution in [0, 0.1) is 0 Å². The van der Waals surface area contributed by atoms with E-state index in [1.165, 1.54) is 0 Å². The second-order valence-corrected chi connectivity index (χ2v) is 6.41. The third-order valence-corrected chi connectivity index (χ3v) is 4.49. The molecule has 1 heterocycles. The largest absolute Gasteiger partial charge is 0.494 e. The Morgan fingerprint density at radius 3 is 2.56 bits per heavy atom. The van der Waals surface area contributed by atoms with Gasteiger partial charge in [-0.15, -0.1) is 0 Å². The predicted molar refractivity (Wildman–Crippen MR) is 105 cm³/mol. The van der Waals surface area contributed by atoms with Crippen LogP contribution in [0.1, 0.15) is 25.5 Å². The fourth-order valence-electron chi connectivity index (χ4n) is 2.92. The fraction of sp³-hybridized carbons (Fsp3) is 0.200. The first-order valence-electron chi connectivity index (χ1n) is 8.56. The number of anilines is 1. The topological polar surface area (TPSA) is 79.5 Å². The molecule has 0 radical (unpaired) electrons. The molecule has 27 heavy (non-hydrogen) atoms. The summed E-state index contributed by atoms with van der Waals surface area (Å²) < 4.78 is 5.45. The number of amides is 3. The number of carbonyl (C=O) groups is 2. The Morgan fingerprint density at radius 2 is 1.89 bits per heavy atom. The van der Waals surface area contributed by atoms with Crippen molar-refractivity contribution < 1.29 is 14.3 Å². The number of ether oxygens (including phenoxy) is 1. The van der Waals surface area contributed by atoms with Gasteiger partial charge in [0.25, 0.3) is 5.91 Å². The molecular weight excluding hydrogens is 366 g/mol. The minimum Gasteiger partial charge on any atom is -0.494 e. The van der Waals surface area contributed by atoms with Gasteiger partial charge < -0.3 is 20.7 Å². The molecule has 140 valence electrons. The van der Waals surface area contributed by atoms with Gasteiger partial charge in [0.05, 0.1) is 28.9 Å². The maximum absolute atomic E-state index is 12.9. The van der Waals surface area contributed by atoms with Crippen molar-refractivity contribution >= 4 is 29.2 Å². The Kier molecular flexibility index (Phi) is 5.66. The molecule has 1 atom stereocenters. The van der Waals surface area contributed by atoms with Crippen LogP contribution in [-0.4, -0.2) is 18.5 Å². The zero-order chi connectivity index (χ0) is 19.4. The average Bonchev–Trinajstić information content (AvgIpc) is 2.64. The van der Waals surface area contributed by atoms with E-state index in [1.807, 2.05) is 31.2 Å². The van der Waals surface area contributed by atoms with Gasteiger partial charge in [0.1, 0.15) is 5.75 Å². The van der Waals surface area contributed by atoms with Gasteiger partial charge in [0.15, 0.2) is 0 Å². The Balaban J connectivity index is 1.91. The third-order valence-electron chi connectivity index (χ3n) is 4.16. The number of rotatable bonds is 5. The quantitative estimate of drug-likeness (QED) is 0.727. The summed E-state index contributed by atoms with van der Waals surface area (Å²) in [4.78, 5) is 24.9. The molecule has 0 saturated carbocycles. The maximum Gasteiger partial charge on any atom is 0.319 e. The van der Waals surface area contributed by atoms with Crippen molar-refractivity contribution in [3.8, 4) is 5.75 Å². The first-order valence-corrected chi connectivity index (χ1v) is 8.94. The normalized spacial score (nSPS) is 16.4. The lowest BCUT2D eigenvalue weighted by atomic mass is 9.94. The number of para-hydroxylation sites is 1. The van der Waals surface area contributed by atoms with Gasteiger partial charge in [-0.1, -0.05) is 35.9 Å². The minimum absolute atomic E-state index is 0.341. The van der Waals surface area contributed by atoms with E-state index in [1.54, 1.807) is 31.2 Å². The molecule has 3 rings (SSSR count). The number of nitrogens with one attached hydrogen (secondary N) is 3. The van der Waals surface area contributed by atoms with Crippen LogP contribution in [0.5, 0.6) is 5.75 Å². The van der Waals surface area contributed by atoms with Crippen LogP contribution in [0.15, 0.2) is 59.8 Å². The van der Waals surface area contributed by atoms with Gasteiger partial charge in [-0.25, -0.2) is 4.79 Å². The van der Waals surface area contributed by atoms with E-state index in [4.69, 9.17) is 16.3 Å². The first-order chi connectivity index (χ1) is 13.0. The molecular formula is C20H20ClN3O3. The monoisotopic (exact) mass is 385 g/mol. The van der Waals surface area contributed by atoms with E-state index in [0.717, 1.165) is 11.3 Å². The molecule has 1 aliphatic heterocycles. The van der Waals surface area contributed by atoms with Crippen LogP contribution in [0.25, 0.3) is 0 Å². The molecule has 2 aromatic rings. The zero-order valence-corrected chi connectivity index (χ0v) is 15.8. The second kappa shape index (κ2) is 8.14. The van der Waals surface area contributed by atoms with Crippen molar-refractivity contribution in [1.29, 1.82) is 0 Å². The van der Waals surface area contributed by atoms with E-state index in [-0.39, 0.29) is 11.9 Å². The molecule has 3 amide bonds. The highest BCUT2D eigenvalue weighted by molar-refractivity contribution is 6.33. The van der Waals surface area contributed by atoms with E-state index in [0.29, 0.717) is 28.6 Å². The van der Waals surface area contributed by atoms with Crippen molar-refractivity contribution in [2.75, 3.05) is 11.9 Å². The van der Waals surface area contributed by atoms with Crippen molar-refractivity contribution in [1.82, 2.24) is 10.6 Å². The minimum atomic E-state index is -0.586. The van der Waals surface area contributed by atoms with Crippen molar-refractivity contribution in [2.24, 2.45) is 0 Å². The SMILES string of the molecule is CCOc1ccc([C@H]2NC(=O)NC(C)=C2C(=O)Nc2ccccc2Cl)cc1. The predicted octanol–water partition coefficient (Wildman–Crippen LogP) is 4.01. The molecule has 6 nitrogen and oxygen atoms in total. The second-order valence-electron chi connectivity index (χ2n) is 6.01. The molecule has 0 unspecified atom stereocenters. The molecule has 0 fully saturated rings. The fourth-order valence-corrected chi connectivity index (χ4v) is 3.10. The number of benzene rings is 2. The molecule has 0 saturated heterocycles. The number of hydrogen-bond acceptors (Lipinski definition) is 3. The standard InChI is InChI=1S/C20H20ClN3O3/c1-3-27-14-10-8-13(9-11-14)18-17(12(2)22-20(26)24-18)19(25)23-16-7-5-4-6-15(16)21/h4-11,18H,3H2,1-2H3,(H,23,25)(H2,22,24,26)/t18-/m1/s1. The third kappa shape index (κ3) is 4.23. The molecule has 3 N–H and O–H groups in total. The Labute approximate surface area is 162 Å². The summed E-state index contributed by atoms with van der Waals surface area (Å²) >= 11 is 6.14. The van der Waals surface area contributed by atoms with Gasteiger partial charge in [-0.05, 0) is 43.7 Å². The van der Waals surface area contributed by atoms with Crippen molar-refractivity contribution in [3.05, 3.63) is 70.4 Å². The van der Waals surface area contributed by atoms with Crippen LogP contribution in [0.4, 0.5) is 10.5 Å². The van der Waals surface area contributed by atoms with Gasteiger partial charge in [0.2, 0.25) is 0 Å². The van der Waals surface area contributed by atoms with Gasteiger partial charge in [-0.2, -0.15) is 0 Å². The summed E-state index contributed by atoms with van der Waals surface area (Å²) in [5.41, 5.74) is 2.18. The van der Waals surface area contributed by atoms with Gasteiger partial charge in [0, 0.05) is 5.70 Å². The highest BCUT2D eigenvalue weighted by Crippen LogP contribution is 2.30. The molecule has 0 aromatic heterocycles. The number of urea groups is 1. The van der Waals surface area contributed by atoms with Crippen LogP contribution >= 0.6 is 11.6 Å². The first kappa shape index (κ1) is 18.8. The van der Waals surface area contributed by atoms with Gasteiger partial charge >= 0.3 is 6.03 Å². The Hall–Kier alpha value is -2.99. The lowest BCUT2D eigenvalue weighted by Crippen LogP contribution is -2.45. The molecule has 1 aliphatic rings. The van der Waals surface area contributed by atoms with Crippen LogP contribution in [0.3, 0.4) is 0 Å². The number of carbonyl (C=O) groups excluding carboxylic acids is 2. The smallest absolute Gasteiger partial charge is 0.319 e. The summed E-state index contributed by atoms with van der Waals surface area (Å²) in [5, 5.41) is 8.71. The van der Waals surface area contributed by atoms with E-state index < -0.39 is 6.04 Å². The molecule has 2 aromatic carbocycles.